The van der Waals surface area contributed by atoms with Gasteiger partial charge in [0.25, 0.3) is 0 Å². The average Bonchev–Trinajstić information content (AvgIpc) is 2.59. The zero-order chi connectivity index (χ0) is 16.8. The Bertz CT molecular complexity index is 406. The number of hydrogen-bond acceptors (Lipinski definition) is 3. The topological polar surface area (TPSA) is 46.5 Å². The van der Waals surface area contributed by atoms with E-state index in [2.05, 4.69) is 31.2 Å². The second-order valence-corrected chi connectivity index (χ2v) is 6.70. The molecule has 0 saturated carbocycles. The maximum Gasteiger partial charge on any atom is 0.327 e. The maximum absolute atomic E-state index is 10.3. The summed E-state index contributed by atoms with van der Waals surface area (Å²) in [5, 5.41) is 9.26. The van der Waals surface area contributed by atoms with Crippen LogP contribution in [0.1, 0.15) is 63.0 Å². The van der Waals surface area contributed by atoms with Crippen molar-refractivity contribution in [2.45, 2.75) is 64.7 Å². The van der Waals surface area contributed by atoms with Gasteiger partial charge in [0, 0.05) is 12.5 Å². The van der Waals surface area contributed by atoms with Crippen LogP contribution in [0.25, 0.3) is 0 Å². The summed E-state index contributed by atoms with van der Waals surface area (Å²) in [4.78, 5) is 0. The van der Waals surface area contributed by atoms with Crippen molar-refractivity contribution < 1.29 is 14.2 Å². The van der Waals surface area contributed by atoms with Crippen molar-refractivity contribution in [3.05, 3.63) is 35.4 Å². The molecule has 0 aromatic heterocycles. The van der Waals surface area contributed by atoms with Crippen LogP contribution in [-0.4, -0.2) is 18.3 Å². The van der Waals surface area contributed by atoms with Crippen LogP contribution in [0.4, 0.5) is 0 Å². The highest BCUT2D eigenvalue weighted by Gasteiger charge is 2.08. The number of aliphatic hydroxyl groups is 1. The van der Waals surface area contributed by atoms with E-state index in [0.29, 0.717) is 6.61 Å². The normalized spacial score (nSPS) is 12.6. The van der Waals surface area contributed by atoms with E-state index in [1.807, 2.05) is 0 Å². The molecule has 0 amide bonds. The molecule has 0 saturated heterocycles. The van der Waals surface area contributed by atoms with E-state index in [9.17, 15) is 9.67 Å². The highest BCUT2D eigenvalue weighted by molar-refractivity contribution is 7.17. The minimum Gasteiger partial charge on any atom is -0.396 e. The lowest BCUT2D eigenvalue weighted by atomic mass is 9.99. The van der Waals surface area contributed by atoms with Gasteiger partial charge < -0.3 is 5.11 Å². The molecule has 1 atom stereocenters. The van der Waals surface area contributed by atoms with Gasteiger partial charge in [-0.2, -0.15) is 0 Å². The predicted octanol–water partition coefficient (Wildman–Crippen LogP) is 5.35. The molecule has 1 aromatic rings. The Morgan fingerprint density at radius 3 is 2.22 bits per heavy atom. The van der Waals surface area contributed by atoms with Gasteiger partial charge in [-0.05, 0) is 36.8 Å². The molecular formula is C19H31O3P. The summed E-state index contributed by atoms with van der Waals surface area (Å²) in [6, 6.07) is 8.82. The Hall–Kier alpha value is -0.760. The Labute approximate surface area is 142 Å². The van der Waals surface area contributed by atoms with Gasteiger partial charge in [0.2, 0.25) is 0 Å². The minimum absolute atomic E-state index is 0.0549. The largest absolute Gasteiger partial charge is 0.396 e. The van der Waals surface area contributed by atoms with Gasteiger partial charge in [-0.25, -0.2) is 4.57 Å². The molecule has 0 aliphatic carbocycles. The summed E-state index contributed by atoms with van der Waals surface area (Å²) in [6.07, 6.45) is 11.0. The minimum atomic E-state index is -0.309. The van der Waals surface area contributed by atoms with Gasteiger partial charge in [-0.15, -0.1) is 0 Å². The zero-order valence-corrected chi connectivity index (χ0v) is 15.3. The lowest BCUT2D eigenvalue weighted by Crippen LogP contribution is -2.12. The third kappa shape index (κ3) is 9.86. The second-order valence-electron chi connectivity index (χ2n) is 6.29. The molecule has 0 aliphatic heterocycles. The van der Waals surface area contributed by atoms with E-state index in [1.54, 1.807) is 0 Å². The summed E-state index contributed by atoms with van der Waals surface area (Å²) < 4.78 is 15.1. The van der Waals surface area contributed by atoms with Crippen LogP contribution in [0.5, 0.6) is 0 Å². The van der Waals surface area contributed by atoms with Crippen molar-refractivity contribution in [3.63, 3.8) is 0 Å². The lowest BCUT2D eigenvalue weighted by molar-refractivity contribution is 0.164. The van der Waals surface area contributed by atoms with Crippen molar-refractivity contribution in [1.29, 1.82) is 0 Å². The number of unbranched alkanes of at least 4 members (excludes halogenated alkanes) is 5. The van der Waals surface area contributed by atoms with Crippen molar-refractivity contribution in [1.82, 2.24) is 0 Å². The molecule has 23 heavy (non-hydrogen) atoms. The van der Waals surface area contributed by atoms with Crippen LogP contribution >= 0.6 is 8.69 Å². The molecule has 0 heterocycles. The van der Waals surface area contributed by atoms with Gasteiger partial charge in [0.05, 0.1) is 6.61 Å². The first-order chi connectivity index (χ1) is 11.3. The zero-order valence-electron chi connectivity index (χ0n) is 14.4. The number of benzene rings is 1. The van der Waals surface area contributed by atoms with Gasteiger partial charge in [-0.1, -0.05) is 63.3 Å². The molecule has 0 spiro atoms. The van der Waals surface area contributed by atoms with Crippen LogP contribution in [0.15, 0.2) is 24.3 Å². The van der Waals surface area contributed by atoms with E-state index in [0.717, 1.165) is 12.8 Å². The quantitative estimate of drug-likeness (QED) is 0.367. The van der Waals surface area contributed by atoms with Crippen molar-refractivity contribution in [2.24, 2.45) is 5.92 Å². The Morgan fingerprint density at radius 2 is 1.61 bits per heavy atom. The van der Waals surface area contributed by atoms with Crippen molar-refractivity contribution >= 4 is 8.69 Å². The number of rotatable bonds is 14. The predicted molar refractivity (Wildman–Crippen MR) is 96.0 cm³/mol. The third-order valence-corrected chi connectivity index (χ3v) is 4.56. The molecule has 1 unspecified atom stereocenters. The average molecular weight is 338 g/mol. The smallest absolute Gasteiger partial charge is 0.327 e. The maximum atomic E-state index is 10.3. The first-order valence-electron chi connectivity index (χ1n) is 8.93. The van der Waals surface area contributed by atoms with Crippen LogP contribution < -0.4 is 0 Å². The fraction of sp³-hybridized carbons (Fsp3) is 0.684. The molecule has 0 aliphatic rings. The van der Waals surface area contributed by atoms with E-state index < -0.39 is 0 Å². The Kier molecular flexibility index (Phi) is 12.0. The lowest BCUT2D eigenvalue weighted by Gasteiger charge is -2.12. The van der Waals surface area contributed by atoms with Crippen LogP contribution in [0.2, 0.25) is 0 Å². The van der Waals surface area contributed by atoms with Gasteiger partial charge in [-0.3, -0.25) is 4.52 Å². The number of aryl methyl sites for hydroxylation is 2. The highest BCUT2D eigenvalue weighted by atomic mass is 31.1. The van der Waals surface area contributed by atoms with E-state index in [1.165, 1.54) is 56.1 Å². The summed E-state index contributed by atoms with van der Waals surface area (Å²) in [5.41, 5.74) is 2.70. The fourth-order valence-corrected chi connectivity index (χ4v) is 2.99. The molecule has 3 nitrogen and oxygen atoms in total. The first kappa shape index (κ1) is 20.3. The summed E-state index contributed by atoms with van der Waals surface area (Å²) in [7, 11) is -0.309. The second kappa shape index (κ2) is 13.7. The summed E-state index contributed by atoms with van der Waals surface area (Å²) >= 11 is 0. The molecule has 0 bridgehead atoms. The van der Waals surface area contributed by atoms with Gasteiger partial charge >= 0.3 is 8.69 Å². The first-order valence-corrected chi connectivity index (χ1v) is 9.66. The van der Waals surface area contributed by atoms with E-state index in [4.69, 9.17) is 4.52 Å². The molecule has 4 heteroatoms. The fourth-order valence-electron chi connectivity index (χ4n) is 2.72. The van der Waals surface area contributed by atoms with Crippen LogP contribution in [0.3, 0.4) is 0 Å². The Balaban J connectivity index is 2.23. The van der Waals surface area contributed by atoms with Crippen LogP contribution in [-0.2, 0) is 21.9 Å². The standard InChI is InChI=1S/C19H31O3P/c1-2-3-4-5-6-7-8-17-9-11-18(12-10-17)13-14-19(15-20)16-22-23-21/h9-12,19-20H,2-8,13-16H2,1H3. The van der Waals surface area contributed by atoms with Gasteiger partial charge in [0.15, 0.2) is 0 Å². The molecule has 0 radical (unpaired) electrons. The van der Waals surface area contributed by atoms with E-state index in [-0.39, 0.29) is 21.2 Å². The van der Waals surface area contributed by atoms with E-state index >= 15 is 0 Å². The van der Waals surface area contributed by atoms with Crippen molar-refractivity contribution in [2.75, 3.05) is 13.2 Å². The molecule has 1 aromatic carbocycles. The van der Waals surface area contributed by atoms with Crippen molar-refractivity contribution in [3.8, 4) is 0 Å². The molecule has 1 rings (SSSR count). The molecular weight excluding hydrogens is 307 g/mol. The third-order valence-electron chi connectivity index (χ3n) is 4.30. The molecule has 130 valence electrons. The summed E-state index contributed by atoms with van der Waals surface area (Å²) in [6.45, 7) is 2.67. The summed E-state index contributed by atoms with van der Waals surface area (Å²) in [5.74, 6) is 0.0549. The Morgan fingerprint density at radius 1 is 1.00 bits per heavy atom. The van der Waals surface area contributed by atoms with Crippen LogP contribution in [0, 0.1) is 5.92 Å². The molecule has 0 fully saturated rings. The number of hydrogen-bond donors (Lipinski definition) is 1. The molecule has 1 N–H and O–H groups in total. The monoisotopic (exact) mass is 338 g/mol. The highest BCUT2D eigenvalue weighted by Crippen LogP contribution is 2.15. The number of aliphatic hydroxyl groups excluding tert-OH is 1. The SMILES string of the molecule is CCCCCCCCc1ccc(CCC(CO)COP=O)cc1. The van der Waals surface area contributed by atoms with Gasteiger partial charge in [0.1, 0.15) is 0 Å².